The highest BCUT2D eigenvalue weighted by Gasteiger charge is 2.26. The Kier molecular flexibility index (Phi) is 6.29. The van der Waals surface area contributed by atoms with Crippen LogP contribution in [0.2, 0.25) is 0 Å². The summed E-state index contributed by atoms with van der Waals surface area (Å²) in [4.78, 5) is 25.8. The lowest BCUT2D eigenvalue weighted by Gasteiger charge is -2.34. The second-order valence-electron chi connectivity index (χ2n) is 7.87. The number of rotatable bonds is 5. The van der Waals surface area contributed by atoms with Gasteiger partial charge in [-0.25, -0.2) is 9.18 Å². The predicted molar refractivity (Wildman–Crippen MR) is 120 cm³/mol. The minimum absolute atomic E-state index is 0.126. The van der Waals surface area contributed by atoms with E-state index in [9.17, 15) is 9.90 Å². The molecular weight excluding hydrogens is 469 g/mol. The Morgan fingerprint density at radius 2 is 2.10 bits per heavy atom. The molecule has 1 atom stereocenters. The fraction of sp³-hybridized carbons (Fsp3) is 0.476. The highest BCUT2D eigenvalue weighted by Crippen LogP contribution is 2.35. The Morgan fingerprint density at radius 1 is 1.35 bits per heavy atom. The lowest BCUT2D eigenvalue weighted by atomic mass is 10.1. The highest BCUT2D eigenvalue weighted by molar-refractivity contribution is 9.10. The van der Waals surface area contributed by atoms with Crippen LogP contribution >= 0.6 is 15.9 Å². The van der Waals surface area contributed by atoms with E-state index in [0.29, 0.717) is 49.6 Å². The lowest BCUT2D eigenvalue weighted by molar-refractivity contribution is 0.142. The molecule has 1 N–H and O–H groups in total. The summed E-state index contributed by atoms with van der Waals surface area (Å²) < 4.78 is 21.4. The molecule has 166 valence electrons. The van der Waals surface area contributed by atoms with Gasteiger partial charge >= 0.3 is 12.1 Å². The number of anilines is 1. The van der Waals surface area contributed by atoms with Crippen molar-refractivity contribution in [3.8, 4) is 6.01 Å². The van der Waals surface area contributed by atoms with E-state index < -0.39 is 11.9 Å². The summed E-state index contributed by atoms with van der Waals surface area (Å²) in [6.07, 6.45) is 2.78. The number of benzene rings is 1. The van der Waals surface area contributed by atoms with Gasteiger partial charge in [0.1, 0.15) is 17.9 Å². The van der Waals surface area contributed by atoms with Crippen LogP contribution in [-0.4, -0.2) is 83.4 Å². The van der Waals surface area contributed by atoms with E-state index in [1.165, 1.54) is 4.90 Å². The Balaban J connectivity index is 1.71. The molecule has 1 amide bonds. The zero-order chi connectivity index (χ0) is 22.1. The third-order valence-electron chi connectivity index (χ3n) is 6.00. The molecule has 2 saturated heterocycles. The molecule has 1 aromatic heterocycles. The van der Waals surface area contributed by atoms with E-state index in [1.54, 1.807) is 12.1 Å². The molecule has 0 saturated carbocycles. The number of nitrogens with zero attached hydrogens (tertiary/aromatic N) is 5. The summed E-state index contributed by atoms with van der Waals surface area (Å²) in [6, 6.07) is 2.20. The molecule has 10 heteroatoms. The van der Waals surface area contributed by atoms with Crippen LogP contribution in [0.1, 0.15) is 18.4 Å². The zero-order valence-corrected chi connectivity index (χ0v) is 18.9. The molecule has 2 aliphatic rings. The number of likely N-dealkylation sites (tertiary alicyclic amines) is 1. The molecule has 0 radical (unpaired) electrons. The van der Waals surface area contributed by atoms with Crippen LogP contribution in [-0.2, 0) is 0 Å². The molecule has 8 nitrogen and oxygen atoms in total. The number of aromatic nitrogens is 2. The summed E-state index contributed by atoms with van der Waals surface area (Å²) in [6.45, 7) is 6.80. The van der Waals surface area contributed by atoms with Crippen LogP contribution in [0.15, 0.2) is 17.1 Å². The van der Waals surface area contributed by atoms with Crippen LogP contribution in [0.3, 0.4) is 0 Å². The fourth-order valence-corrected chi connectivity index (χ4v) is 4.58. The number of halogens is 2. The second kappa shape index (κ2) is 8.96. The third kappa shape index (κ3) is 4.31. The molecule has 2 aromatic rings. The minimum Gasteiger partial charge on any atom is -0.465 e. The summed E-state index contributed by atoms with van der Waals surface area (Å²) in [5.41, 5.74) is 0.762. The molecule has 0 unspecified atom stereocenters. The van der Waals surface area contributed by atoms with Gasteiger partial charge in [-0.1, -0.05) is 12.7 Å². The van der Waals surface area contributed by atoms with Crippen molar-refractivity contribution in [2.45, 2.75) is 18.9 Å². The fourth-order valence-electron chi connectivity index (χ4n) is 4.11. The number of hydrogen-bond donors (Lipinski definition) is 1. The Morgan fingerprint density at radius 3 is 2.71 bits per heavy atom. The molecule has 0 spiro atoms. The van der Waals surface area contributed by atoms with Gasteiger partial charge in [-0.05, 0) is 54.0 Å². The summed E-state index contributed by atoms with van der Waals surface area (Å²) in [7, 11) is 2.06. The van der Waals surface area contributed by atoms with Crippen LogP contribution in [0.25, 0.3) is 17.0 Å². The second-order valence-corrected chi connectivity index (χ2v) is 8.66. The van der Waals surface area contributed by atoms with Crippen molar-refractivity contribution in [2.75, 3.05) is 51.3 Å². The molecule has 0 bridgehead atoms. The van der Waals surface area contributed by atoms with E-state index in [2.05, 4.69) is 44.4 Å². The van der Waals surface area contributed by atoms with Gasteiger partial charge in [0.15, 0.2) is 5.82 Å². The van der Waals surface area contributed by atoms with Crippen molar-refractivity contribution in [3.05, 3.63) is 28.5 Å². The number of fused-ring (bicyclic) bond motifs is 1. The minimum atomic E-state index is -0.944. The Hall–Kier alpha value is -2.46. The van der Waals surface area contributed by atoms with Crippen molar-refractivity contribution in [3.63, 3.8) is 0 Å². The van der Waals surface area contributed by atoms with E-state index in [4.69, 9.17) is 4.74 Å². The molecule has 0 aliphatic carbocycles. The van der Waals surface area contributed by atoms with Crippen molar-refractivity contribution < 1.29 is 19.0 Å². The summed E-state index contributed by atoms with van der Waals surface area (Å²) in [5, 5.41) is 9.78. The highest BCUT2D eigenvalue weighted by atomic mass is 79.9. The number of hydrogen-bond acceptors (Lipinski definition) is 6. The molecule has 1 aromatic carbocycles. The van der Waals surface area contributed by atoms with E-state index >= 15 is 4.39 Å². The van der Waals surface area contributed by atoms with E-state index in [1.807, 2.05) is 4.90 Å². The molecule has 3 heterocycles. The number of likely N-dealkylation sites (N-methyl/N-ethyl adjacent to an activating group) is 1. The summed E-state index contributed by atoms with van der Waals surface area (Å²) in [5.74, 6) is 0.0439. The van der Waals surface area contributed by atoms with Crippen molar-refractivity contribution >= 4 is 44.8 Å². The maximum atomic E-state index is 15.2. The van der Waals surface area contributed by atoms with Gasteiger partial charge in [0.05, 0.1) is 4.47 Å². The van der Waals surface area contributed by atoms with Gasteiger partial charge in [0.2, 0.25) is 0 Å². The lowest BCUT2D eigenvalue weighted by Crippen LogP contribution is -2.48. The number of ether oxygens (including phenoxy) is 1. The first-order valence-electron chi connectivity index (χ1n) is 10.3. The van der Waals surface area contributed by atoms with Crippen molar-refractivity contribution in [1.82, 2.24) is 19.8 Å². The maximum Gasteiger partial charge on any atom is 0.407 e. The summed E-state index contributed by atoms with van der Waals surface area (Å²) >= 11 is 3.29. The molecule has 31 heavy (non-hydrogen) atoms. The topological polar surface area (TPSA) is 82.0 Å². The van der Waals surface area contributed by atoms with Gasteiger partial charge in [0, 0.05) is 37.6 Å². The molecule has 2 aliphatic heterocycles. The first-order valence-corrected chi connectivity index (χ1v) is 11.1. The van der Waals surface area contributed by atoms with Crippen molar-refractivity contribution in [2.24, 2.45) is 0 Å². The number of carboxylic acid groups (broad SMARTS) is 1. The smallest absolute Gasteiger partial charge is 0.407 e. The van der Waals surface area contributed by atoms with Crippen molar-refractivity contribution in [1.29, 1.82) is 0 Å². The average Bonchev–Trinajstić information content (AvgIpc) is 3.19. The standard InChI is InChI=1S/C21H25BrFN5O3/c1-3-13-11-15-18(17(23)16(13)22)24-20(31-12-14-5-4-6-26(14)2)25-19(15)27-7-9-28(10-8-27)21(29)30/h3,11,14H,1,4-10,12H2,2H3,(H,29,30)/t14-/m0/s1. The van der Waals surface area contributed by atoms with Crippen LogP contribution in [0, 0.1) is 5.82 Å². The number of carbonyl (C=O) groups is 1. The number of amides is 1. The molecule has 2 fully saturated rings. The Labute approximate surface area is 188 Å². The first kappa shape index (κ1) is 21.8. The average molecular weight is 494 g/mol. The van der Waals surface area contributed by atoms with Crippen LogP contribution in [0.4, 0.5) is 15.0 Å². The van der Waals surface area contributed by atoms with E-state index in [-0.39, 0.29) is 22.0 Å². The molecular formula is C21H25BrFN5O3. The van der Waals surface area contributed by atoms with Gasteiger partial charge < -0.3 is 24.5 Å². The van der Waals surface area contributed by atoms with Gasteiger partial charge in [-0.2, -0.15) is 9.97 Å². The quantitative estimate of drug-likeness (QED) is 0.682. The predicted octanol–water partition coefficient (Wildman–Crippen LogP) is 3.45. The normalized spacial score (nSPS) is 19.8. The monoisotopic (exact) mass is 493 g/mol. The largest absolute Gasteiger partial charge is 0.465 e. The van der Waals surface area contributed by atoms with Gasteiger partial charge in [0.25, 0.3) is 0 Å². The molecule has 4 rings (SSSR count). The zero-order valence-electron chi connectivity index (χ0n) is 17.4. The van der Waals surface area contributed by atoms with Crippen LogP contribution < -0.4 is 9.64 Å². The van der Waals surface area contributed by atoms with E-state index in [0.717, 1.165) is 19.4 Å². The SMILES string of the molecule is C=Cc1cc2c(N3CCN(C(=O)O)CC3)nc(OC[C@@H]3CCCN3C)nc2c(F)c1Br. The first-order chi connectivity index (χ1) is 14.9. The van der Waals surface area contributed by atoms with Gasteiger partial charge in [-0.15, -0.1) is 0 Å². The Bertz CT molecular complexity index is 1010. The van der Waals surface area contributed by atoms with Gasteiger partial charge in [-0.3, -0.25) is 0 Å². The number of piperazine rings is 1. The maximum absolute atomic E-state index is 15.2. The van der Waals surface area contributed by atoms with Crippen LogP contribution in [0.5, 0.6) is 6.01 Å². The third-order valence-corrected chi connectivity index (χ3v) is 6.81.